The van der Waals surface area contributed by atoms with Crippen molar-refractivity contribution in [2.45, 2.75) is 17.5 Å². The van der Waals surface area contributed by atoms with E-state index in [1.54, 1.807) is 0 Å². The molecular formula is C5H13INO2-. The molecule has 0 saturated carbocycles. The molecule has 3 N–H and O–H groups in total. The van der Waals surface area contributed by atoms with Crippen molar-refractivity contribution in [3.05, 3.63) is 0 Å². The summed E-state index contributed by atoms with van der Waals surface area (Å²) in [7, 11) is 0. The number of aliphatic hydroxyl groups is 1. The first kappa shape index (κ1) is 9.61. The second kappa shape index (κ2) is 6.73. The predicted molar refractivity (Wildman–Crippen MR) is 31.3 cm³/mol. The van der Waals surface area contributed by atoms with Crippen LogP contribution in [0.3, 0.4) is 0 Å². The van der Waals surface area contributed by atoms with E-state index in [0.29, 0.717) is 6.61 Å². The van der Waals surface area contributed by atoms with Gasteiger partial charge in [-0.05, 0) is 0 Å². The van der Waals surface area contributed by atoms with E-state index >= 15 is 0 Å². The molecule has 0 aromatic rings. The molecule has 0 aromatic heterocycles. The van der Waals surface area contributed by atoms with E-state index in [4.69, 9.17) is 11.0 Å². The van der Waals surface area contributed by atoms with Crippen LogP contribution in [0.1, 0.15) is 13.3 Å². The second-order valence-corrected chi connectivity index (χ2v) is 5.40. The minimum atomic E-state index is -0.0819. The van der Waals surface area contributed by atoms with Crippen LogP contribution in [0.4, 0.5) is 0 Å². The van der Waals surface area contributed by atoms with E-state index in [1.807, 2.05) is 6.92 Å². The molecule has 4 heteroatoms. The zero-order valence-corrected chi connectivity index (χ0v) is 7.67. The summed E-state index contributed by atoms with van der Waals surface area (Å²) in [6.07, 6.45) is 0.981. The Hall–Kier alpha value is 0.610. The predicted octanol–water partition coefficient (Wildman–Crippen LogP) is -3.31. The summed E-state index contributed by atoms with van der Waals surface area (Å²) in [5.41, 5.74) is 0. The second-order valence-electron chi connectivity index (χ2n) is 1.64. The van der Waals surface area contributed by atoms with Crippen molar-refractivity contribution in [1.82, 2.24) is 0 Å². The van der Waals surface area contributed by atoms with Gasteiger partial charge in [-0.3, -0.25) is 0 Å². The van der Waals surface area contributed by atoms with Gasteiger partial charge in [-0.25, -0.2) is 0 Å². The first-order valence-corrected chi connectivity index (χ1v) is 5.62. The van der Waals surface area contributed by atoms with Crippen molar-refractivity contribution >= 4 is 0 Å². The minimum absolute atomic E-state index is 0.0273. The van der Waals surface area contributed by atoms with Gasteiger partial charge in [0.15, 0.2) is 0 Å². The van der Waals surface area contributed by atoms with E-state index in [1.165, 1.54) is 0 Å². The van der Waals surface area contributed by atoms with Crippen LogP contribution in [0.15, 0.2) is 0 Å². The monoisotopic (exact) mass is 246 g/mol. The maximum absolute atomic E-state index is 8.83. The molecule has 58 valence electrons. The van der Waals surface area contributed by atoms with Crippen molar-refractivity contribution in [2.24, 2.45) is 5.90 Å². The van der Waals surface area contributed by atoms with Crippen molar-refractivity contribution in [3.8, 4) is 0 Å². The summed E-state index contributed by atoms with van der Waals surface area (Å²) in [6.45, 7) is 2.45. The van der Waals surface area contributed by atoms with E-state index in [9.17, 15) is 0 Å². The van der Waals surface area contributed by atoms with E-state index in [0.717, 1.165) is 10.8 Å². The molecule has 0 bridgehead atoms. The van der Waals surface area contributed by atoms with Crippen LogP contribution in [0.5, 0.6) is 0 Å². The molecule has 0 rings (SSSR count). The number of hydrogen-bond acceptors (Lipinski definition) is 3. The van der Waals surface area contributed by atoms with Gasteiger partial charge in [-0.15, -0.1) is 0 Å². The Balaban J connectivity index is 2.75. The quantitative estimate of drug-likeness (QED) is 0.231. The van der Waals surface area contributed by atoms with E-state index in [2.05, 4.69) is 4.84 Å². The number of hydrogen-bond donors (Lipinski definition) is 2. The number of rotatable bonds is 5. The van der Waals surface area contributed by atoms with Crippen LogP contribution < -0.4 is 27.1 Å². The van der Waals surface area contributed by atoms with E-state index in [-0.39, 0.29) is 25.3 Å². The Morgan fingerprint density at radius 3 is 2.89 bits per heavy atom. The van der Waals surface area contributed by atoms with E-state index < -0.39 is 0 Å². The molecule has 0 aliphatic rings. The van der Waals surface area contributed by atoms with Crippen LogP contribution in [0.25, 0.3) is 0 Å². The molecule has 0 heterocycles. The van der Waals surface area contributed by atoms with Crippen LogP contribution in [0.2, 0.25) is 0 Å². The molecule has 1 unspecified atom stereocenters. The fourth-order valence-electron chi connectivity index (χ4n) is 0.373. The fourth-order valence-corrected chi connectivity index (χ4v) is 2.03. The molecule has 3 nitrogen and oxygen atoms in total. The summed E-state index contributed by atoms with van der Waals surface area (Å²) in [5, 5.41) is 8.83. The molecule has 0 radical (unpaired) electrons. The molecule has 0 aliphatic heterocycles. The number of alkyl halides is 2. The Kier molecular flexibility index (Phi) is 7.18. The average molecular weight is 246 g/mol. The van der Waals surface area contributed by atoms with Gasteiger partial charge < -0.3 is 0 Å². The zero-order valence-electron chi connectivity index (χ0n) is 5.51. The third-order valence-electron chi connectivity index (χ3n) is 0.728. The SMILES string of the molecule is CC(O)[I-]CCCON. The molecule has 1 atom stereocenters. The molecule has 0 spiro atoms. The summed E-state index contributed by atoms with van der Waals surface area (Å²) in [4.78, 5) is 4.36. The Labute approximate surface area is 65.8 Å². The van der Waals surface area contributed by atoms with Crippen LogP contribution in [-0.2, 0) is 4.84 Å². The first-order chi connectivity index (χ1) is 4.27. The van der Waals surface area contributed by atoms with Crippen molar-refractivity contribution in [3.63, 3.8) is 0 Å². The van der Waals surface area contributed by atoms with Crippen molar-refractivity contribution in [2.75, 3.05) is 11.0 Å². The third-order valence-corrected chi connectivity index (χ3v) is 3.39. The average Bonchev–Trinajstić information content (AvgIpc) is 1.80. The maximum atomic E-state index is 8.83. The third kappa shape index (κ3) is 8.61. The van der Waals surface area contributed by atoms with Gasteiger partial charge in [0.2, 0.25) is 0 Å². The molecule has 9 heavy (non-hydrogen) atoms. The molecule has 0 aliphatic carbocycles. The van der Waals surface area contributed by atoms with Gasteiger partial charge in [0.1, 0.15) is 0 Å². The topological polar surface area (TPSA) is 55.5 Å². The van der Waals surface area contributed by atoms with Gasteiger partial charge in [0, 0.05) is 0 Å². The number of nitrogens with two attached hydrogens (primary N) is 1. The molecule has 0 fully saturated rings. The van der Waals surface area contributed by atoms with Gasteiger partial charge in [-0.1, -0.05) is 0 Å². The van der Waals surface area contributed by atoms with Crippen LogP contribution in [0, 0.1) is 0 Å². The van der Waals surface area contributed by atoms with Crippen molar-refractivity contribution < 1.29 is 31.1 Å². The van der Waals surface area contributed by atoms with Crippen LogP contribution >= 0.6 is 0 Å². The summed E-state index contributed by atoms with van der Waals surface area (Å²) in [5.74, 6) is 4.80. The molecular weight excluding hydrogens is 233 g/mol. The summed E-state index contributed by atoms with van der Waals surface area (Å²) in [6, 6.07) is 0. The summed E-state index contributed by atoms with van der Waals surface area (Å²) >= 11 is -0.0273. The Bertz CT molecular complexity index is 60.9. The Morgan fingerprint density at radius 1 is 1.78 bits per heavy atom. The zero-order chi connectivity index (χ0) is 7.11. The van der Waals surface area contributed by atoms with Crippen molar-refractivity contribution in [1.29, 1.82) is 0 Å². The summed E-state index contributed by atoms with van der Waals surface area (Å²) < 4.78 is 1.01. The molecule has 0 amide bonds. The number of aliphatic hydroxyl groups excluding tert-OH is 1. The van der Waals surface area contributed by atoms with Gasteiger partial charge in [0.25, 0.3) is 0 Å². The van der Waals surface area contributed by atoms with Gasteiger partial charge in [-0.2, -0.15) is 0 Å². The molecule has 0 aromatic carbocycles. The normalized spacial score (nSPS) is 14.1. The van der Waals surface area contributed by atoms with Crippen LogP contribution in [-0.4, -0.2) is 20.3 Å². The number of halogens is 1. The molecule has 0 saturated heterocycles. The Morgan fingerprint density at radius 2 is 2.44 bits per heavy atom. The first-order valence-electron chi connectivity index (χ1n) is 2.85. The van der Waals surface area contributed by atoms with Gasteiger partial charge >= 0.3 is 65.5 Å². The fraction of sp³-hybridized carbons (Fsp3) is 1.00. The standard InChI is InChI=1S/C5H13INO2/c1-5(8)6-3-2-4-9-7/h5,8H,2-4,7H2,1H3/q-1. The van der Waals surface area contributed by atoms with Gasteiger partial charge in [0.05, 0.1) is 0 Å².